The number of carboxylic acid groups (broad SMARTS) is 1. The first-order valence-electron chi connectivity index (χ1n) is 6.48. The van der Waals surface area contributed by atoms with Crippen LogP contribution >= 0.6 is 0 Å². The topological polar surface area (TPSA) is 37.3 Å². The lowest BCUT2D eigenvalue weighted by atomic mass is 9.93. The Morgan fingerprint density at radius 3 is 1.86 bits per heavy atom. The van der Waals surface area contributed by atoms with Crippen LogP contribution in [0.4, 0.5) is 13.2 Å². The van der Waals surface area contributed by atoms with E-state index in [-0.39, 0.29) is 5.57 Å². The van der Waals surface area contributed by atoms with Crippen molar-refractivity contribution in [2.75, 3.05) is 0 Å². The molecule has 114 valence electrons. The van der Waals surface area contributed by atoms with Gasteiger partial charge in [-0.2, -0.15) is 13.2 Å². The number of carbonyl (C=O) groups is 1. The van der Waals surface area contributed by atoms with Gasteiger partial charge >= 0.3 is 12.1 Å². The van der Waals surface area contributed by atoms with E-state index in [1.54, 1.807) is 30.3 Å². The van der Waals surface area contributed by atoms with Gasteiger partial charge in [0.05, 0.1) is 5.56 Å². The normalized spacial score (nSPS) is 12.7. The SMILES string of the molecule is C/C(C(=O)O)=C(\c1ccccc1)c1ccc(C(F)(F)F)cc1. The highest BCUT2D eigenvalue weighted by Crippen LogP contribution is 2.32. The highest BCUT2D eigenvalue weighted by atomic mass is 19.4. The second-order valence-corrected chi connectivity index (χ2v) is 4.75. The molecule has 0 saturated heterocycles. The van der Waals surface area contributed by atoms with E-state index in [1.165, 1.54) is 19.1 Å². The van der Waals surface area contributed by atoms with Crippen molar-refractivity contribution in [3.63, 3.8) is 0 Å². The van der Waals surface area contributed by atoms with Crippen molar-refractivity contribution < 1.29 is 23.1 Å². The fraction of sp³-hybridized carbons (Fsp3) is 0.118. The first-order valence-corrected chi connectivity index (χ1v) is 6.48. The van der Waals surface area contributed by atoms with Crippen molar-refractivity contribution in [2.24, 2.45) is 0 Å². The summed E-state index contributed by atoms with van der Waals surface area (Å²) in [5.41, 5.74) is 0.783. The molecule has 0 fully saturated rings. The second kappa shape index (κ2) is 6.05. The highest BCUT2D eigenvalue weighted by Gasteiger charge is 2.30. The molecule has 1 N–H and O–H groups in total. The Balaban J connectivity index is 2.57. The minimum Gasteiger partial charge on any atom is -0.478 e. The maximum absolute atomic E-state index is 12.6. The number of aliphatic carboxylic acids is 1. The molecule has 2 aromatic carbocycles. The summed E-state index contributed by atoms with van der Waals surface area (Å²) in [6, 6.07) is 13.2. The van der Waals surface area contributed by atoms with E-state index in [0.29, 0.717) is 16.7 Å². The Hall–Kier alpha value is -2.56. The zero-order valence-corrected chi connectivity index (χ0v) is 11.7. The number of rotatable bonds is 3. The lowest BCUT2D eigenvalue weighted by molar-refractivity contribution is -0.137. The van der Waals surface area contributed by atoms with Crippen LogP contribution in [0.3, 0.4) is 0 Å². The van der Waals surface area contributed by atoms with E-state index < -0.39 is 17.7 Å². The van der Waals surface area contributed by atoms with Crippen LogP contribution in [-0.4, -0.2) is 11.1 Å². The molecule has 0 saturated carbocycles. The van der Waals surface area contributed by atoms with Crippen molar-refractivity contribution in [2.45, 2.75) is 13.1 Å². The lowest BCUT2D eigenvalue weighted by Gasteiger charge is -2.13. The molecule has 0 spiro atoms. The first-order chi connectivity index (χ1) is 10.3. The predicted molar refractivity (Wildman–Crippen MR) is 77.2 cm³/mol. The molecule has 2 rings (SSSR count). The molecule has 0 bridgehead atoms. The molecule has 0 aliphatic carbocycles. The van der Waals surface area contributed by atoms with Gasteiger partial charge in [0.2, 0.25) is 0 Å². The predicted octanol–water partition coefficient (Wildman–Crippen LogP) is 4.61. The summed E-state index contributed by atoms with van der Waals surface area (Å²) in [7, 11) is 0. The third-order valence-corrected chi connectivity index (χ3v) is 3.26. The minimum absolute atomic E-state index is 0.0750. The molecule has 0 aromatic heterocycles. The van der Waals surface area contributed by atoms with Crippen LogP contribution in [0.1, 0.15) is 23.6 Å². The maximum Gasteiger partial charge on any atom is 0.416 e. The van der Waals surface area contributed by atoms with Gasteiger partial charge in [-0.3, -0.25) is 0 Å². The highest BCUT2D eigenvalue weighted by molar-refractivity contribution is 6.00. The smallest absolute Gasteiger partial charge is 0.416 e. The van der Waals surface area contributed by atoms with Gasteiger partial charge in [0, 0.05) is 5.57 Å². The molecule has 0 radical (unpaired) electrons. The van der Waals surface area contributed by atoms with Crippen molar-refractivity contribution in [1.82, 2.24) is 0 Å². The van der Waals surface area contributed by atoms with Gasteiger partial charge in [-0.15, -0.1) is 0 Å². The molecular weight excluding hydrogens is 293 g/mol. The standard InChI is InChI=1S/C17H13F3O2/c1-11(16(21)22)15(12-5-3-2-4-6-12)13-7-9-14(10-8-13)17(18,19)20/h2-10H,1H3,(H,21,22)/b15-11-. The number of hydrogen-bond acceptors (Lipinski definition) is 1. The zero-order valence-electron chi connectivity index (χ0n) is 11.7. The minimum atomic E-state index is -4.42. The van der Waals surface area contributed by atoms with E-state index in [9.17, 15) is 23.1 Å². The van der Waals surface area contributed by atoms with Crippen LogP contribution in [0.25, 0.3) is 5.57 Å². The third kappa shape index (κ3) is 3.36. The Kier molecular flexibility index (Phi) is 4.35. The number of alkyl halides is 3. The largest absolute Gasteiger partial charge is 0.478 e. The molecular formula is C17H13F3O2. The van der Waals surface area contributed by atoms with Gasteiger partial charge in [-0.05, 0) is 35.8 Å². The third-order valence-electron chi connectivity index (χ3n) is 3.26. The van der Waals surface area contributed by atoms with Gasteiger partial charge in [0.1, 0.15) is 0 Å². The Bertz CT molecular complexity index is 699. The van der Waals surface area contributed by atoms with Crippen LogP contribution in [0.2, 0.25) is 0 Å². The van der Waals surface area contributed by atoms with Crippen molar-refractivity contribution >= 4 is 11.5 Å². The number of halogens is 3. The van der Waals surface area contributed by atoms with Crippen molar-refractivity contribution in [3.05, 3.63) is 76.9 Å². The van der Waals surface area contributed by atoms with E-state index in [2.05, 4.69) is 0 Å². The summed E-state index contributed by atoms with van der Waals surface area (Å²) < 4.78 is 37.9. The van der Waals surface area contributed by atoms with Crippen LogP contribution in [0.5, 0.6) is 0 Å². The Morgan fingerprint density at radius 1 is 0.909 bits per heavy atom. The first kappa shape index (κ1) is 15.8. The summed E-state index contributed by atoms with van der Waals surface area (Å²) in [4.78, 5) is 11.3. The Labute approximate surface area is 125 Å². The van der Waals surface area contributed by atoms with E-state index in [4.69, 9.17) is 0 Å². The van der Waals surface area contributed by atoms with E-state index in [1.807, 2.05) is 0 Å². The van der Waals surface area contributed by atoms with Gasteiger partial charge in [-0.1, -0.05) is 42.5 Å². The summed E-state index contributed by atoms with van der Waals surface area (Å²) in [6.45, 7) is 1.43. The van der Waals surface area contributed by atoms with Crippen LogP contribution in [-0.2, 0) is 11.0 Å². The fourth-order valence-corrected chi connectivity index (χ4v) is 2.14. The average molecular weight is 306 g/mol. The molecule has 0 heterocycles. The van der Waals surface area contributed by atoms with Crippen LogP contribution < -0.4 is 0 Å². The second-order valence-electron chi connectivity index (χ2n) is 4.75. The molecule has 2 aromatic rings. The van der Waals surface area contributed by atoms with E-state index >= 15 is 0 Å². The lowest BCUT2D eigenvalue weighted by Crippen LogP contribution is -2.06. The maximum atomic E-state index is 12.6. The van der Waals surface area contributed by atoms with Crippen LogP contribution in [0.15, 0.2) is 60.2 Å². The van der Waals surface area contributed by atoms with E-state index in [0.717, 1.165) is 12.1 Å². The van der Waals surface area contributed by atoms with Gasteiger partial charge in [0.25, 0.3) is 0 Å². The summed E-state index contributed by atoms with van der Waals surface area (Å²) in [5, 5.41) is 9.22. The molecule has 0 aliphatic rings. The molecule has 0 unspecified atom stereocenters. The molecule has 5 heteroatoms. The monoisotopic (exact) mass is 306 g/mol. The Morgan fingerprint density at radius 2 is 1.41 bits per heavy atom. The molecule has 0 atom stereocenters. The molecule has 0 aliphatic heterocycles. The molecule has 0 amide bonds. The van der Waals surface area contributed by atoms with Gasteiger partial charge < -0.3 is 5.11 Å². The number of hydrogen-bond donors (Lipinski definition) is 1. The van der Waals surface area contributed by atoms with Gasteiger partial charge in [-0.25, -0.2) is 4.79 Å². The fourth-order valence-electron chi connectivity index (χ4n) is 2.14. The number of benzene rings is 2. The number of carboxylic acids is 1. The van der Waals surface area contributed by atoms with Crippen molar-refractivity contribution in [1.29, 1.82) is 0 Å². The summed E-state index contributed by atoms with van der Waals surface area (Å²) in [5.74, 6) is -1.11. The quantitative estimate of drug-likeness (QED) is 0.841. The average Bonchev–Trinajstić information content (AvgIpc) is 2.48. The zero-order chi connectivity index (χ0) is 16.3. The molecule has 2 nitrogen and oxygen atoms in total. The van der Waals surface area contributed by atoms with Crippen molar-refractivity contribution in [3.8, 4) is 0 Å². The van der Waals surface area contributed by atoms with Crippen LogP contribution in [0, 0.1) is 0 Å². The van der Waals surface area contributed by atoms with Gasteiger partial charge in [0.15, 0.2) is 0 Å². The molecule has 22 heavy (non-hydrogen) atoms. The summed E-state index contributed by atoms with van der Waals surface area (Å²) >= 11 is 0. The summed E-state index contributed by atoms with van der Waals surface area (Å²) in [6.07, 6.45) is -4.42.